The summed E-state index contributed by atoms with van der Waals surface area (Å²) in [4.78, 5) is 18.0. The number of rotatable bonds is 4. The number of fused-ring (bicyclic) bond motifs is 5. The Bertz CT molecular complexity index is 1200. The van der Waals surface area contributed by atoms with E-state index in [4.69, 9.17) is 9.72 Å². The van der Waals surface area contributed by atoms with E-state index in [0.29, 0.717) is 23.5 Å². The van der Waals surface area contributed by atoms with Gasteiger partial charge in [-0.3, -0.25) is 13.8 Å². The SMILES string of the molecule is CCCCn1c(=O)c2cc(OC)ccc2n2c3cc(C)c(C)cc3nc12. The highest BCUT2D eigenvalue weighted by atomic mass is 16.5. The molecule has 0 N–H and O–H groups in total. The quantitative estimate of drug-likeness (QED) is 0.554. The van der Waals surface area contributed by atoms with Gasteiger partial charge >= 0.3 is 0 Å². The highest BCUT2D eigenvalue weighted by Crippen LogP contribution is 2.26. The molecule has 0 fully saturated rings. The minimum atomic E-state index is -0.0106. The number of hydrogen-bond donors (Lipinski definition) is 0. The molecule has 0 aliphatic carbocycles. The molecule has 0 radical (unpaired) electrons. The smallest absolute Gasteiger partial charge is 0.262 e. The van der Waals surface area contributed by atoms with Gasteiger partial charge in [-0.15, -0.1) is 0 Å². The Morgan fingerprint density at radius 1 is 1.08 bits per heavy atom. The van der Waals surface area contributed by atoms with Gasteiger partial charge in [-0.25, -0.2) is 4.98 Å². The Labute approximate surface area is 151 Å². The van der Waals surface area contributed by atoms with E-state index in [0.717, 1.165) is 29.4 Å². The number of benzene rings is 2. The van der Waals surface area contributed by atoms with Crippen LogP contribution in [0.3, 0.4) is 0 Å². The first-order valence-electron chi connectivity index (χ1n) is 9.05. The number of unbranched alkanes of at least 4 members (excludes halogenated alkanes) is 1. The number of ether oxygens (including phenoxy) is 1. The third kappa shape index (κ3) is 2.38. The van der Waals surface area contributed by atoms with Crippen LogP contribution in [0.25, 0.3) is 27.7 Å². The fourth-order valence-electron chi connectivity index (χ4n) is 3.50. The predicted octanol–water partition coefficient (Wildman–Crippen LogP) is 4.23. The lowest BCUT2D eigenvalue weighted by atomic mass is 10.1. The average molecular weight is 349 g/mol. The first-order valence-corrected chi connectivity index (χ1v) is 9.05. The summed E-state index contributed by atoms with van der Waals surface area (Å²) in [5.74, 6) is 1.40. The van der Waals surface area contributed by atoms with Crippen molar-refractivity contribution >= 4 is 27.7 Å². The second-order valence-electron chi connectivity index (χ2n) is 6.87. The van der Waals surface area contributed by atoms with Crippen molar-refractivity contribution in [2.75, 3.05) is 7.11 Å². The Hall–Kier alpha value is -2.82. The molecule has 0 aliphatic heterocycles. The fraction of sp³-hybridized carbons (Fsp3) is 0.333. The summed E-state index contributed by atoms with van der Waals surface area (Å²) >= 11 is 0. The van der Waals surface area contributed by atoms with Crippen LogP contribution in [0.5, 0.6) is 5.75 Å². The van der Waals surface area contributed by atoms with Crippen molar-refractivity contribution in [3.8, 4) is 5.75 Å². The maximum Gasteiger partial charge on any atom is 0.262 e. The van der Waals surface area contributed by atoms with E-state index >= 15 is 0 Å². The molecule has 4 aromatic rings. The number of nitrogens with zero attached hydrogens (tertiary/aromatic N) is 3. The second kappa shape index (κ2) is 6.16. The van der Waals surface area contributed by atoms with E-state index in [-0.39, 0.29) is 5.56 Å². The van der Waals surface area contributed by atoms with Gasteiger partial charge < -0.3 is 4.74 Å². The van der Waals surface area contributed by atoms with Crippen LogP contribution in [-0.4, -0.2) is 21.1 Å². The molecule has 0 spiro atoms. The van der Waals surface area contributed by atoms with Crippen molar-refractivity contribution in [3.05, 3.63) is 51.8 Å². The van der Waals surface area contributed by atoms with Gasteiger partial charge in [0.25, 0.3) is 5.56 Å². The Balaban J connectivity index is 2.22. The average Bonchev–Trinajstić information content (AvgIpc) is 2.99. The summed E-state index contributed by atoms with van der Waals surface area (Å²) in [6.07, 6.45) is 1.96. The molecule has 2 aromatic carbocycles. The van der Waals surface area contributed by atoms with Crippen LogP contribution in [0.15, 0.2) is 35.1 Å². The van der Waals surface area contributed by atoms with Crippen LogP contribution >= 0.6 is 0 Å². The van der Waals surface area contributed by atoms with Crippen molar-refractivity contribution in [1.29, 1.82) is 0 Å². The molecule has 0 aliphatic rings. The van der Waals surface area contributed by atoms with Gasteiger partial charge in [-0.1, -0.05) is 13.3 Å². The van der Waals surface area contributed by atoms with Crippen LogP contribution in [-0.2, 0) is 6.54 Å². The molecule has 0 unspecified atom stereocenters. The van der Waals surface area contributed by atoms with Crippen LogP contribution < -0.4 is 10.3 Å². The minimum Gasteiger partial charge on any atom is -0.497 e. The fourth-order valence-corrected chi connectivity index (χ4v) is 3.50. The lowest BCUT2D eigenvalue weighted by Gasteiger charge is -2.12. The van der Waals surface area contributed by atoms with Crippen molar-refractivity contribution in [2.45, 2.75) is 40.2 Å². The lowest BCUT2D eigenvalue weighted by Crippen LogP contribution is -2.23. The number of methoxy groups -OCH3 is 1. The number of imidazole rings is 1. The molecule has 0 saturated heterocycles. The molecule has 2 heterocycles. The summed E-state index contributed by atoms with van der Waals surface area (Å²) in [5, 5.41) is 0.658. The van der Waals surface area contributed by atoms with Crippen LogP contribution in [0, 0.1) is 13.8 Å². The third-order valence-electron chi connectivity index (χ3n) is 5.15. The van der Waals surface area contributed by atoms with Crippen molar-refractivity contribution in [2.24, 2.45) is 0 Å². The Kier molecular flexibility index (Phi) is 3.94. The maximum atomic E-state index is 13.2. The van der Waals surface area contributed by atoms with Crippen LogP contribution in [0.1, 0.15) is 30.9 Å². The molecule has 4 rings (SSSR count). The molecule has 5 nitrogen and oxygen atoms in total. The van der Waals surface area contributed by atoms with E-state index in [1.807, 2.05) is 18.2 Å². The topological polar surface area (TPSA) is 48.5 Å². The molecular weight excluding hydrogens is 326 g/mol. The number of aryl methyl sites for hydroxylation is 3. The third-order valence-corrected chi connectivity index (χ3v) is 5.15. The zero-order chi connectivity index (χ0) is 18.4. The van der Waals surface area contributed by atoms with Crippen LogP contribution in [0.2, 0.25) is 0 Å². The molecule has 0 amide bonds. The highest BCUT2D eigenvalue weighted by Gasteiger charge is 2.16. The molecule has 0 bridgehead atoms. The zero-order valence-corrected chi connectivity index (χ0v) is 15.7. The highest BCUT2D eigenvalue weighted by molar-refractivity contribution is 5.90. The van der Waals surface area contributed by atoms with Gasteiger partial charge in [-0.05, 0) is 61.7 Å². The molecule has 0 atom stereocenters. The minimum absolute atomic E-state index is 0.0106. The Morgan fingerprint density at radius 2 is 1.85 bits per heavy atom. The predicted molar refractivity (Wildman–Crippen MR) is 105 cm³/mol. The van der Waals surface area contributed by atoms with Crippen molar-refractivity contribution in [1.82, 2.24) is 14.0 Å². The van der Waals surface area contributed by atoms with Gasteiger partial charge in [0.15, 0.2) is 0 Å². The Morgan fingerprint density at radius 3 is 2.58 bits per heavy atom. The maximum absolute atomic E-state index is 13.2. The summed E-state index contributed by atoms with van der Waals surface area (Å²) in [6, 6.07) is 9.92. The first kappa shape index (κ1) is 16.6. The normalized spacial score (nSPS) is 11.7. The summed E-state index contributed by atoms with van der Waals surface area (Å²) < 4.78 is 9.25. The van der Waals surface area contributed by atoms with Crippen LogP contribution in [0.4, 0.5) is 0 Å². The van der Waals surface area contributed by atoms with Crippen molar-refractivity contribution in [3.63, 3.8) is 0 Å². The van der Waals surface area contributed by atoms with Gasteiger partial charge in [0.1, 0.15) is 5.75 Å². The number of aromatic nitrogens is 3. The van der Waals surface area contributed by atoms with Gasteiger partial charge in [0.05, 0.1) is 29.0 Å². The lowest BCUT2D eigenvalue weighted by molar-refractivity contribution is 0.415. The molecule has 134 valence electrons. The van der Waals surface area contributed by atoms with Gasteiger partial charge in [-0.2, -0.15) is 0 Å². The van der Waals surface area contributed by atoms with E-state index in [9.17, 15) is 4.79 Å². The van der Waals surface area contributed by atoms with Crippen molar-refractivity contribution < 1.29 is 4.74 Å². The number of hydrogen-bond acceptors (Lipinski definition) is 3. The molecule has 5 heteroatoms. The molecule has 0 saturated carbocycles. The molecule has 26 heavy (non-hydrogen) atoms. The largest absolute Gasteiger partial charge is 0.497 e. The van der Waals surface area contributed by atoms with Gasteiger partial charge in [0, 0.05) is 6.54 Å². The summed E-state index contributed by atoms with van der Waals surface area (Å²) in [5.41, 5.74) is 5.22. The zero-order valence-electron chi connectivity index (χ0n) is 15.7. The van der Waals surface area contributed by atoms with E-state index in [2.05, 4.69) is 37.3 Å². The van der Waals surface area contributed by atoms with E-state index in [1.165, 1.54) is 11.1 Å². The van der Waals surface area contributed by atoms with Gasteiger partial charge in [0.2, 0.25) is 5.78 Å². The van der Waals surface area contributed by atoms with E-state index < -0.39 is 0 Å². The molecule has 2 aromatic heterocycles. The summed E-state index contributed by atoms with van der Waals surface area (Å²) in [7, 11) is 1.62. The summed E-state index contributed by atoms with van der Waals surface area (Å²) in [6.45, 7) is 6.98. The standard InChI is InChI=1S/C21H23N3O2/c1-5-6-9-23-20(25)16-12-15(26-4)7-8-18(16)24-19-11-14(3)13(2)10-17(19)22-21(23)24/h7-8,10-12H,5-6,9H2,1-4H3. The second-order valence-corrected chi connectivity index (χ2v) is 6.87. The molecular formula is C21H23N3O2. The van der Waals surface area contributed by atoms with E-state index in [1.54, 1.807) is 11.7 Å². The monoisotopic (exact) mass is 349 g/mol. The first-order chi connectivity index (χ1) is 12.5.